The molecular formula is C18H18ClN5O5. The van der Waals surface area contributed by atoms with Crippen molar-refractivity contribution in [2.24, 2.45) is 5.10 Å². The zero-order chi connectivity index (χ0) is 21.2. The number of rotatable bonds is 6. The van der Waals surface area contributed by atoms with Gasteiger partial charge in [0.15, 0.2) is 5.76 Å². The maximum atomic E-state index is 12.8. The Bertz CT molecular complexity index is 969. The molecule has 0 aliphatic carbocycles. The van der Waals surface area contributed by atoms with Gasteiger partial charge in [0, 0.05) is 10.7 Å². The molecule has 10 nitrogen and oxygen atoms in total. The summed E-state index contributed by atoms with van der Waals surface area (Å²) >= 11 is 5.90. The summed E-state index contributed by atoms with van der Waals surface area (Å²) in [4.78, 5) is 38.0. The van der Waals surface area contributed by atoms with Crippen molar-refractivity contribution in [2.75, 3.05) is 18.0 Å². The minimum absolute atomic E-state index is 0.114. The van der Waals surface area contributed by atoms with E-state index in [4.69, 9.17) is 16.0 Å². The fourth-order valence-corrected chi connectivity index (χ4v) is 3.03. The number of halogens is 1. The second kappa shape index (κ2) is 7.92. The van der Waals surface area contributed by atoms with E-state index >= 15 is 0 Å². The minimum atomic E-state index is -0.677. The Kier molecular flexibility index (Phi) is 5.55. The van der Waals surface area contributed by atoms with Gasteiger partial charge in [0.1, 0.15) is 11.5 Å². The molecule has 2 heterocycles. The monoisotopic (exact) mass is 419 g/mol. The second-order valence-electron chi connectivity index (χ2n) is 6.97. The first-order valence-corrected chi connectivity index (χ1v) is 8.96. The SMILES string of the molecule is CC1(C)CN(c2ccc(Cl)cc2)C(=O)N1CC(=O)N/N=C/c1ccc([N+](=O)[O-])o1. The Morgan fingerprint density at radius 2 is 2.03 bits per heavy atom. The van der Waals surface area contributed by atoms with Crippen LogP contribution < -0.4 is 10.3 Å². The lowest BCUT2D eigenvalue weighted by atomic mass is 10.1. The lowest BCUT2D eigenvalue weighted by Gasteiger charge is -2.28. The number of carbonyl (C=O) groups excluding carboxylic acids is 2. The highest BCUT2D eigenvalue weighted by molar-refractivity contribution is 6.30. The number of urea groups is 1. The Morgan fingerprint density at radius 1 is 1.34 bits per heavy atom. The molecule has 0 bridgehead atoms. The normalized spacial score (nSPS) is 15.9. The van der Waals surface area contributed by atoms with Crippen molar-refractivity contribution >= 4 is 41.3 Å². The van der Waals surface area contributed by atoms with Gasteiger partial charge >= 0.3 is 11.9 Å². The van der Waals surface area contributed by atoms with E-state index in [0.29, 0.717) is 17.3 Å². The van der Waals surface area contributed by atoms with Crippen LogP contribution in [0.3, 0.4) is 0 Å². The number of carbonyl (C=O) groups is 2. The van der Waals surface area contributed by atoms with Crippen molar-refractivity contribution in [2.45, 2.75) is 19.4 Å². The predicted octanol–water partition coefficient (Wildman–Crippen LogP) is 3.01. The van der Waals surface area contributed by atoms with Gasteiger partial charge in [-0.25, -0.2) is 10.2 Å². The van der Waals surface area contributed by atoms with E-state index in [1.807, 2.05) is 13.8 Å². The van der Waals surface area contributed by atoms with E-state index in [1.165, 1.54) is 17.0 Å². The molecule has 0 radical (unpaired) electrons. The molecule has 0 spiro atoms. The summed E-state index contributed by atoms with van der Waals surface area (Å²) in [5.41, 5.74) is 2.39. The Balaban J connectivity index is 1.62. The molecule has 1 aliphatic heterocycles. The van der Waals surface area contributed by atoms with E-state index in [2.05, 4.69) is 10.5 Å². The van der Waals surface area contributed by atoms with Crippen LogP contribution in [0.5, 0.6) is 0 Å². The average molecular weight is 420 g/mol. The largest absolute Gasteiger partial charge is 0.433 e. The molecule has 1 aromatic carbocycles. The lowest BCUT2D eigenvalue weighted by molar-refractivity contribution is -0.402. The first-order valence-electron chi connectivity index (χ1n) is 8.58. The lowest BCUT2D eigenvalue weighted by Crippen LogP contribution is -2.47. The Labute approximate surface area is 170 Å². The van der Waals surface area contributed by atoms with Gasteiger partial charge in [0.2, 0.25) is 0 Å². The molecule has 1 aromatic heterocycles. The van der Waals surface area contributed by atoms with Crippen molar-refractivity contribution in [3.05, 3.63) is 57.3 Å². The van der Waals surface area contributed by atoms with E-state index < -0.39 is 22.3 Å². The van der Waals surface area contributed by atoms with E-state index in [9.17, 15) is 19.7 Å². The van der Waals surface area contributed by atoms with Gasteiger partial charge in [-0.1, -0.05) is 11.6 Å². The fraction of sp³-hybridized carbons (Fsp3) is 0.278. The molecule has 1 N–H and O–H groups in total. The number of amides is 3. The van der Waals surface area contributed by atoms with E-state index in [0.717, 1.165) is 6.21 Å². The molecule has 2 aromatic rings. The summed E-state index contributed by atoms with van der Waals surface area (Å²) in [6.45, 7) is 3.92. The number of furan rings is 1. The molecule has 1 aliphatic rings. The molecule has 3 amide bonds. The summed E-state index contributed by atoms with van der Waals surface area (Å²) in [6, 6.07) is 9.10. The number of hydrogen-bond acceptors (Lipinski definition) is 6. The molecule has 29 heavy (non-hydrogen) atoms. The third kappa shape index (κ3) is 4.54. The first-order chi connectivity index (χ1) is 13.7. The summed E-state index contributed by atoms with van der Waals surface area (Å²) in [7, 11) is 0. The number of hydrogen-bond donors (Lipinski definition) is 1. The van der Waals surface area contributed by atoms with Gasteiger partial charge < -0.3 is 9.32 Å². The number of anilines is 1. The van der Waals surface area contributed by atoms with Crippen molar-refractivity contribution in [3.63, 3.8) is 0 Å². The molecule has 1 fully saturated rings. The standard InChI is InChI=1S/C18H18ClN5O5/c1-18(2)11-22(13-5-3-12(19)4-6-13)17(26)23(18)10-15(25)21-20-9-14-7-8-16(29-14)24(27)28/h3-9H,10-11H2,1-2H3,(H,21,25)/b20-9+. The van der Waals surface area contributed by atoms with Gasteiger partial charge in [0.25, 0.3) is 5.91 Å². The van der Waals surface area contributed by atoms with Crippen LogP contribution in [0.25, 0.3) is 0 Å². The molecule has 11 heteroatoms. The Hall–Kier alpha value is -3.40. The van der Waals surface area contributed by atoms with Gasteiger partial charge in [-0.3, -0.25) is 19.8 Å². The maximum Gasteiger partial charge on any atom is 0.433 e. The number of nitro groups is 1. The number of benzene rings is 1. The van der Waals surface area contributed by atoms with Crippen LogP contribution in [0.2, 0.25) is 5.02 Å². The number of nitrogens with zero attached hydrogens (tertiary/aromatic N) is 4. The first kappa shape index (κ1) is 20.3. The van der Waals surface area contributed by atoms with Crippen LogP contribution in [0.15, 0.2) is 45.9 Å². The van der Waals surface area contributed by atoms with Crippen molar-refractivity contribution < 1.29 is 18.9 Å². The van der Waals surface area contributed by atoms with Gasteiger partial charge in [-0.2, -0.15) is 5.10 Å². The summed E-state index contributed by atoms with van der Waals surface area (Å²) < 4.78 is 4.90. The summed E-state index contributed by atoms with van der Waals surface area (Å²) in [6.07, 6.45) is 1.14. The third-order valence-corrected chi connectivity index (χ3v) is 4.60. The van der Waals surface area contributed by atoms with Crippen LogP contribution in [-0.4, -0.2) is 46.6 Å². The number of nitrogens with one attached hydrogen (secondary N) is 1. The fourth-order valence-electron chi connectivity index (χ4n) is 2.91. The van der Waals surface area contributed by atoms with E-state index in [1.54, 1.807) is 29.2 Å². The van der Waals surface area contributed by atoms with Crippen LogP contribution in [0.4, 0.5) is 16.4 Å². The zero-order valence-electron chi connectivity index (χ0n) is 15.7. The zero-order valence-corrected chi connectivity index (χ0v) is 16.4. The number of hydrazone groups is 1. The highest BCUT2D eigenvalue weighted by atomic mass is 35.5. The molecule has 1 saturated heterocycles. The average Bonchev–Trinajstić information content (AvgIpc) is 3.21. The van der Waals surface area contributed by atoms with E-state index in [-0.39, 0.29) is 18.3 Å². The quantitative estimate of drug-likeness (QED) is 0.438. The molecule has 152 valence electrons. The molecule has 3 rings (SSSR count). The topological polar surface area (TPSA) is 121 Å². The van der Waals surface area contributed by atoms with Gasteiger partial charge in [0.05, 0.1) is 24.4 Å². The second-order valence-corrected chi connectivity index (χ2v) is 7.41. The molecule has 0 saturated carbocycles. The third-order valence-electron chi connectivity index (χ3n) is 4.35. The van der Waals surface area contributed by atoms with Gasteiger partial charge in [-0.05, 0) is 44.2 Å². The highest BCUT2D eigenvalue weighted by Gasteiger charge is 2.44. The smallest absolute Gasteiger partial charge is 0.400 e. The van der Waals surface area contributed by atoms with Crippen molar-refractivity contribution in [1.82, 2.24) is 10.3 Å². The van der Waals surface area contributed by atoms with Crippen LogP contribution >= 0.6 is 11.6 Å². The minimum Gasteiger partial charge on any atom is -0.400 e. The van der Waals surface area contributed by atoms with Crippen LogP contribution in [0, 0.1) is 10.1 Å². The summed E-state index contributed by atoms with van der Waals surface area (Å²) in [5, 5.41) is 14.9. The predicted molar refractivity (Wildman–Crippen MR) is 106 cm³/mol. The molecule has 0 unspecified atom stereocenters. The maximum absolute atomic E-state index is 12.8. The van der Waals surface area contributed by atoms with Crippen molar-refractivity contribution in [3.8, 4) is 0 Å². The van der Waals surface area contributed by atoms with Crippen LogP contribution in [0.1, 0.15) is 19.6 Å². The Morgan fingerprint density at radius 3 is 2.66 bits per heavy atom. The van der Waals surface area contributed by atoms with Gasteiger partial charge in [-0.15, -0.1) is 0 Å². The van der Waals surface area contributed by atoms with Crippen molar-refractivity contribution in [1.29, 1.82) is 0 Å². The molecular weight excluding hydrogens is 402 g/mol. The van der Waals surface area contributed by atoms with Crippen LogP contribution in [-0.2, 0) is 4.79 Å². The summed E-state index contributed by atoms with van der Waals surface area (Å²) in [5.74, 6) is -0.824. The molecule has 0 atom stereocenters. The highest BCUT2D eigenvalue weighted by Crippen LogP contribution is 2.30.